The molecule has 0 radical (unpaired) electrons. The molecule has 0 saturated heterocycles. The van der Waals surface area contributed by atoms with E-state index in [0.29, 0.717) is 10.6 Å². The van der Waals surface area contributed by atoms with Crippen LogP contribution < -0.4 is 10.7 Å². The summed E-state index contributed by atoms with van der Waals surface area (Å²) in [5, 5.41) is 20.8. The van der Waals surface area contributed by atoms with Gasteiger partial charge in [-0.1, -0.05) is 48.5 Å². The summed E-state index contributed by atoms with van der Waals surface area (Å²) in [4.78, 5) is 26.0. The predicted octanol–water partition coefficient (Wildman–Crippen LogP) is 4.89. The maximum Gasteiger partial charge on any atom is 0.329 e. The Bertz CT molecular complexity index is 1430. The highest BCUT2D eigenvalue weighted by Crippen LogP contribution is 2.37. The third-order valence-electron chi connectivity index (χ3n) is 5.89. The van der Waals surface area contributed by atoms with Gasteiger partial charge in [0, 0.05) is 10.4 Å². The number of benzene rings is 3. The average molecular weight is 453 g/mol. The molecule has 0 atom stereocenters. The third kappa shape index (κ3) is 3.97. The first-order valence-electron chi connectivity index (χ1n) is 10.7. The summed E-state index contributed by atoms with van der Waals surface area (Å²) in [5.74, 6) is -1.73. The zero-order valence-corrected chi connectivity index (χ0v) is 18.5. The molecule has 1 aliphatic carbocycles. The van der Waals surface area contributed by atoms with Crippen molar-refractivity contribution < 1.29 is 9.59 Å². The molecule has 1 aromatic heterocycles. The minimum absolute atomic E-state index is 0.438. The number of hydrogen-bond acceptors (Lipinski definition) is 5. The van der Waals surface area contributed by atoms with Crippen LogP contribution in [0.2, 0.25) is 0 Å². The maximum atomic E-state index is 12.5. The van der Waals surface area contributed by atoms with E-state index >= 15 is 0 Å². The van der Waals surface area contributed by atoms with Crippen LogP contribution in [0.15, 0.2) is 59.7 Å². The van der Waals surface area contributed by atoms with Gasteiger partial charge in [0.05, 0.1) is 11.8 Å². The van der Waals surface area contributed by atoms with Gasteiger partial charge in [0.15, 0.2) is 0 Å². The summed E-state index contributed by atoms with van der Waals surface area (Å²) in [7, 11) is 0. The first-order chi connectivity index (χ1) is 16.2. The number of carbonyl (C=O) groups is 2. The molecule has 0 aliphatic heterocycles. The second-order valence-electron chi connectivity index (χ2n) is 7.91. The molecule has 162 valence electrons. The number of nitriles is 1. The lowest BCUT2D eigenvalue weighted by Gasteiger charge is -2.09. The van der Waals surface area contributed by atoms with E-state index < -0.39 is 11.8 Å². The molecule has 4 aromatic rings. The Morgan fingerprint density at radius 3 is 2.33 bits per heavy atom. The lowest BCUT2D eigenvalue weighted by molar-refractivity contribution is -0.136. The summed E-state index contributed by atoms with van der Waals surface area (Å²) in [6, 6.07) is 20.2. The monoisotopic (exact) mass is 452 g/mol. The number of aryl methyl sites for hydroxylation is 1. The molecular formula is C26H20N4O2S. The highest BCUT2D eigenvalue weighted by Gasteiger charge is 2.23. The number of nitrogens with one attached hydrogen (secondary N) is 2. The average Bonchev–Trinajstić information content (AvgIpc) is 3.20. The number of rotatable bonds is 3. The van der Waals surface area contributed by atoms with Crippen molar-refractivity contribution in [2.75, 3.05) is 5.32 Å². The smallest absolute Gasteiger partial charge is 0.308 e. The van der Waals surface area contributed by atoms with E-state index in [-0.39, 0.29) is 0 Å². The molecule has 1 heterocycles. The van der Waals surface area contributed by atoms with Crippen LogP contribution in [0.1, 0.15) is 34.4 Å². The standard InChI is InChI=1S/C26H20N4O2S/c27-14-21-20-11-5-6-12-23(20)33-26(21)29-24(31)25(32)30-28-15-22-18-9-3-1-7-16(18)13-17-8-2-4-10-19(17)22/h1-4,7-10,13,15H,5-6,11-12H2,(H,29,31)(H,30,32). The van der Waals surface area contributed by atoms with Gasteiger partial charge in [0.2, 0.25) is 0 Å². The second-order valence-corrected chi connectivity index (χ2v) is 9.02. The van der Waals surface area contributed by atoms with Crippen LogP contribution >= 0.6 is 11.3 Å². The molecule has 33 heavy (non-hydrogen) atoms. The predicted molar refractivity (Wildman–Crippen MR) is 131 cm³/mol. The molecular weight excluding hydrogens is 432 g/mol. The fourth-order valence-electron chi connectivity index (χ4n) is 4.33. The number of carbonyl (C=O) groups excluding carboxylic acids is 2. The van der Waals surface area contributed by atoms with Crippen LogP contribution in [0, 0.1) is 11.3 Å². The van der Waals surface area contributed by atoms with Gasteiger partial charge in [-0.15, -0.1) is 11.3 Å². The van der Waals surface area contributed by atoms with Gasteiger partial charge < -0.3 is 5.32 Å². The van der Waals surface area contributed by atoms with Crippen molar-refractivity contribution in [3.05, 3.63) is 76.2 Å². The van der Waals surface area contributed by atoms with Gasteiger partial charge in [-0.3, -0.25) is 9.59 Å². The van der Waals surface area contributed by atoms with E-state index in [1.807, 2.05) is 48.5 Å². The minimum Gasteiger partial charge on any atom is -0.308 e. The van der Waals surface area contributed by atoms with Crippen molar-refractivity contribution in [3.63, 3.8) is 0 Å². The molecule has 6 nitrogen and oxygen atoms in total. The quantitative estimate of drug-likeness (QED) is 0.200. The van der Waals surface area contributed by atoms with E-state index in [2.05, 4.69) is 28.0 Å². The summed E-state index contributed by atoms with van der Waals surface area (Å²) < 4.78 is 0. The van der Waals surface area contributed by atoms with Crippen LogP contribution in [0.5, 0.6) is 0 Å². The normalized spacial score (nSPS) is 13.1. The van der Waals surface area contributed by atoms with Crippen LogP contribution in [0.3, 0.4) is 0 Å². The SMILES string of the molecule is N#Cc1c(NC(=O)C(=O)NN=Cc2c3ccccc3cc3ccccc23)sc2c1CCCC2. The minimum atomic E-state index is -0.883. The van der Waals surface area contributed by atoms with Crippen LogP contribution in [0.25, 0.3) is 21.5 Å². The van der Waals surface area contributed by atoms with Gasteiger partial charge in [-0.05, 0) is 58.9 Å². The van der Waals surface area contributed by atoms with Gasteiger partial charge in [-0.25, -0.2) is 5.43 Å². The molecule has 5 rings (SSSR count). The third-order valence-corrected chi connectivity index (χ3v) is 7.10. The van der Waals surface area contributed by atoms with Crippen LogP contribution in [0.4, 0.5) is 5.00 Å². The Labute approximate surface area is 194 Å². The lowest BCUT2D eigenvalue weighted by Crippen LogP contribution is -2.32. The van der Waals surface area contributed by atoms with E-state index in [1.165, 1.54) is 11.3 Å². The summed E-state index contributed by atoms with van der Waals surface area (Å²) in [5.41, 5.74) is 4.66. The number of hydrazone groups is 1. The van der Waals surface area contributed by atoms with Crippen molar-refractivity contribution in [1.29, 1.82) is 5.26 Å². The molecule has 7 heteroatoms. The zero-order chi connectivity index (χ0) is 22.8. The number of nitrogens with zero attached hydrogens (tertiary/aromatic N) is 2. The topological polar surface area (TPSA) is 94.4 Å². The molecule has 0 saturated carbocycles. The van der Waals surface area contributed by atoms with Crippen molar-refractivity contribution in [2.24, 2.45) is 5.10 Å². The Morgan fingerprint density at radius 1 is 0.970 bits per heavy atom. The first-order valence-corrected chi connectivity index (χ1v) is 11.6. The fourth-order valence-corrected chi connectivity index (χ4v) is 5.56. The van der Waals surface area contributed by atoms with Crippen molar-refractivity contribution in [3.8, 4) is 6.07 Å². The lowest BCUT2D eigenvalue weighted by atomic mass is 9.96. The highest BCUT2D eigenvalue weighted by molar-refractivity contribution is 7.16. The van der Waals surface area contributed by atoms with E-state index in [9.17, 15) is 14.9 Å². The van der Waals surface area contributed by atoms with Gasteiger partial charge in [0.1, 0.15) is 11.1 Å². The number of anilines is 1. The van der Waals surface area contributed by atoms with E-state index in [0.717, 1.165) is 63.2 Å². The van der Waals surface area contributed by atoms with Gasteiger partial charge in [0.25, 0.3) is 0 Å². The van der Waals surface area contributed by atoms with E-state index in [4.69, 9.17) is 0 Å². The molecule has 0 unspecified atom stereocenters. The number of hydrogen-bond donors (Lipinski definition) is 2. The van der Waals surface area contributed by atoms with Gasteiger partial charge >= 0.3 is 11.8 Å². The Balaban J connectivity index is 1.36. The Morgan fingerprint density at radius 2 is 1.64 bits per heavy atom. The number of fused-ring (bicyclic) bond motifs is 3. The molecule has 0 fully saturated rings. The van der Waals surface area contributed by atoms with Gasteiger partial charge in [-0.2, -0.15) is 10.4 Å². The summed E-state index contributed by atoms with van der Waals surface area (Å²) in [6.07, 6.45) is 5.41. The molecule has 0 spiro atoms. The Hall–Kier alpha value is -4.02. The largest absolute Gasteiger partial charge is 0.329 e. The molecule has 0 bridgehead atoms. The number of thiophene rings is 1. The molecule has 1 aliphatic rings. The van der Waals surface area contributed by atoms with Crippen molar-refractivity contribution >= 4 is 55.9 Å². The first kappa shape index (κ1) is 20.9. The zero-order valence-electron chi connectivity index (χ0n) is 17.7. The van der Waals surface area contributed by atoms with Crippen LogP contribution in [-0.2, 0) is 22.4 Å². The molecule has 2 N–H and O–H groups in total. The summed E-state index contributed by atoms with van der Waals surface area (Å²) >= 11 is 1.38. The van der Waals surface area contributed by atoms with Crippen LogP contribution in [-0.4, -0.2) is 18.0 Å². The summed E-state index contributed by atoms with van der Waals surface area (Å²) in [6.45, 7) is 0. The fraction of sp³-hybridized carbons (Fsp3) is 0.154. The molecule has 3 aromatic carbocycles. The highest BCUT2D eigenvalue weighted by atomic mass is 32.1. The van der Waals surface area contributed by atoms with Crippen molar-refractivity contribution in [1.82, 2.24) is 5.43 Å². The number of amides is 2. The van der Waals surface area contributed by atoms with Crippen molar-refractivity contribution in [2.45, 2.75) is 25.7 Å². The second kappa shape index (κ2) is 8.85. The Kier molecular flexibility index (Phi) is 5.59. The maximum absolute atomic E-state index is 12.5. The molecule has 2 amide bonds. The van der Waals surface area contributed by atoms with E-state index in [1.54, 1.807) is 6.21 Å².